The Kier molecular flexibility index (Phi) is 4.23. The van der Waals surface area contributed by atoms with Crippen LogP contribution in [0, 0.1) is 0 Å². The Balaban J connectivity index is 1.69. The van der Waals surface area contributed by atoms with Crippen LogP contribution in [0.4, 0.5) is 0 Å². The fourth-order valence-corrected chi connectivity index (χ4v) is 6.54. The Morgan fingerprint density at radius 3 is 2.94 bits per heavy atom. The molecule has 3 rings (SSSR count). The third-order valence-corrected chi connectivity index (χ3v) is 8.31. The predicted octanol–water partition coefficient (Wildman–Crippen LogP) is 3.87. The number of aromatic nitrogens is 1. The van der Waals surface area contributed by atoms with E-state index in [9.17, 15) is 0 Å². The molecule has 0 bridgehead atoms. The largest absolute Gasteiger partial charge is 0.309 e. The Morgan fingerprint density at radius 2 is 2.22 bits per heavy atom. The number of nitrogens with zero attached hydrogens (tertiary/aromatic N) is 1. The van der Waals surface area contributed by atoms with Crippen LogP contribution in [0.5, 0.6) is 0 Å². The van der Waals surface area contributed by atoms with E-state index < -0.39 is 0 Å². The van der Waals surface area contributed by atoms with Crippen LogP contribution < -0.4 is 5.32 Å². The highest BCUT2D eigenvalue weighted by molar-refractivity contribution is 8.07. The van der Waals surface area contributed by atoms with E-state index in [4.69, 9.17) is 4.98 Å². The first kappa shape index (κ1) is 13.3. The van der Waals surface area contributed by atoms with Gasteiger partial charge in [-0.1, -0.05) is 13.8 Å². The molecule has 2 saturated heterocycles. The maximum atomic E-state index is 4.90. The second-order valence-corrected chi connectivity index (χ2v) is 9.01. The second kappa shape index (κ2) is 5.73. The lowest BCUT2D eigenvalue weighted by atomic mass is 10.2. The van der Waals surface area contributed by atoms with Crippen molar-refractivity contribution in [1.82, 2.24) is 10.3 Å². The quantitative estimate of drug-likeness (QED) is 0.896. The molecule has 5 heteroatoms. The molecule has 100 valence electrons. The lowest BCUT2D eigenvalue weighted by molar-refractivity contribution is 0.629. The van der Waals surface area contributed by atoms with Crippen LogP contribution in [-0.2, 0) is 0 Å². The van der Waals surface area contributed by atoms with Gasteiger partial charge < -0.3 is 5.32 Å². The normalized spacial score (nSPS) is 37.0. The molecule has 0 spiro atoms. The van der Waals surface area contributed by atoms with Crippen molar-refractivity contribution in [3.05, 3.63) is 16.1 Å². The SMILES string of the molecule is CC1SCC(c2nc([C@@H]3CCCN3)cs2)SC1C. The maximum Gasteiger partial charge on any atom is 0.107 e. The van der Waals surface area contributed by atoms with Crippen molar-refractivity contribution in [2.24, 2.45) is 0 Å². The smallest absolute Gasteiger partial charge is 0.107 e. The Bertz CT molecular complexity index is 401. The summed E-state index contributed by atoms with van der Waals surface area (Å²) >= 11 is 6.07. The van der Waals surface area contributed by atoms with E-state index in [0.717, 1.165) is 17.0 Å². The van der Waals surface area contributed by atoms with Gasteiger partial charge >= 0.3 is 0 Å². The highest BCUT2D eigenvalue weighted by atomic mass is 32.2. The molecule has 18 heavy (non-hydrogen) atoms. The molecular weight excluding hydrogens is 280 g/mol. The summed E-state index contributed by atoms with van der Waals surface area (Å²) in [4.78, 5) is 4.90. The molecule has 2 nitrogen and oxygen atoms in total. The third-order valence-electron chi connectivity index (χ3n) is 3.78. The zero-order valence-corrected chi connectivity index (χ0v) is 13.3. The van der Waals surface area contributed by atoms with Gasteiger partial charge in [0.15, 0.2) is 0 Å². The first-order chi connectivity index (χ1) is 8.74. The van der Waals surface area contributed by atoms with Crippen LogP contribution in [0.1, 0.15) is 48.7 Å². The van der Waals surface area contributed by atoms with E-state index in [2.05, 4.69) is 48.1 Å². The molecule has 3 unspecified atom stereocenters. The minimum atomic E-state index is 0.521. The summed E-state index contributed by atoms with van der Waals surface area (Å²) in [5.41, 5.74) is 1.28. The molecule has 1 N–H and O–H groups in total. The first-order valence-corrected chi connectivity index (χ1v) is 9.57. The number of nitrogens with one attached hydrogen (secondary N) is 1. The van der Waals surface area contributed by atoms with Crippen LogP contribution in [0.3, 0.4) is 0 Å². The van der Waals surface area contributed by atoms with Crippen molar-refractivity contribution in [2.75, 3.05) is 12.3 Å². The Labute approximate surface area is 122 Å². The fourth-order valence-electron chi connectivity index (χ4n) is 2.46. The van der Waals surface area contributed by atoms with E-state index >= 15 is 0 Å². The fraction of sp³-hybridized carbons (Fsp3) is 0.769. The van der Waals surface area contributed by atoms with Crippen molar-refractivity contribution in [1.29, 1.82) is 0 Å². The number of rotatable bonds is 2. The second-order valence-electron chi connectivity index (χ2n) is 5.13. The summed E-state index contributed by atoms with van der Waals surface area (Å²) in [5, 5.41) is 9.28. The summed E-state index contributed by atoms with van der Waals surface area (Å²) in [5.74, 6) is 1.22. The first-order valence-electron chi connectivity index (χ1n) is 6.70. The number of hydrogen-bond donors (Lipinski definition) is 1. The van der Waals surface area contributed by atoms with Crippen molar-refractivity contribution < 1.29 is 0 Å². The Morgan fingerprint density at radius 1 is 1.33 bits per heavy atom. The van der Waals surface area contributed by atoms with E-state index in [-0.39, 0.29) is 0 Å². The molecule has 1 aromatic rings. The van der Waals surface area contributed by atoms with Gasteiger partial charge in [0.25, 0.3) is 0 Å². The average Bonchev–Trinajstić information content (AvgIpc) is 3.01. The highest BCUT2D eigenvalue weighted by Crippen LogP contribution is 2.45. The van der Waals surface area contributed by atoms with Crippen LogP contribution in [-0.4, -0.2) is 27.8 Å². The Hall–Kier alpha value is 0.290. The summed E-state index contributed by atoms with van der Waals surface area (Å²) < 4.78 is 0. The van der Waals surface area contributed by atoms with Crippen molar-refractivity contribution in [3.8, 4) is 0 Å². The number of thioether (sulfide) groups is 2. The molecule has 0 aromatic carbocycles. The molecule has 2 aliphatic rings. The molecule has 1 aromatic heterocycles. The zero-order valence-electron chi connectivity index (χ0n) is 10.9. The predicted molar refractivity (Wildman–Crippen MR) is 83.8 cm³/mol. The highest BCUT2D eigenvalue weighted by Gasteiger charge is 2.29. The standard InChI is InChI=1S/C13H20N2S3/c1-8-9(2)18-12(7-16-8)13-15-11(6-17-13)10-4-3-5-14-10/h6,8-10,12,14H,3-5,7H2,1-2H3/t8?,9?,10-,12?/m0/s1. The van der Waals surface area contributed by atoms with Gasteiger partial charge in [-0.25, -0.2) is 4.98 Å². The van der Waals surface area contributed by atoms with Gasteiger partial charge in [-0.05, 0) is 19.4 Å². The number of thiazole rings is 1. The lowest BCUT2D eigenvalue weighted by Gasteiger charge is -2.30. The van der Waals surface area contributed by atoms with E-state index in [1.807, 2.05) is 11.3 Å². The average molecular weight is 301 g/mol. The molecular formula is C13H20N2S3. The van der Waals surface area contributed by atoms with Crippen molar-refractivity contribution in [2.45, 2.75) is 48.5 Å². The molecule has 4 atom stereocenters. The van der Waals surface area contributed by atoms with Gasteiger partial charge in [0.2, 0.25) is 0 Å². The van der Waals surface area contributed by atoms with E-state index in [1.165, 1.54) is 29.3 Å². The van der Waals surface area contributed by atoms with Gasteiger partial charge in [-0.3, -0.25) is 0 Å². The van der Waals surface area contributed by atoms with Gasteiger partial charge in [-0.2, -0.15) is 11.8 Å². The van der Waals surface area contributed by atoms with Crippen molar-refractivity contribution in [3.63, 3.8) is 0 Å². The molecule has 0 radical (unpaired) electrons. The van der Waals surface area contributed by atoms with Crippen LogP contribution in [0.25, 0.3) is 0 Å². The summed E-state index contributed by atoms with van der Waals surface area (Å²) in [6, 6.07) is 0.521. The minimum absolute atomic E-state index is 0.521. The summed E-state index contributed by atoms with van der Waals surface area (Å²) in [7, 11) is 0. The molecule has 3 heterocycles. The minimum Gasteiger partial charge on any atom is -0.309 e. The molecule has 0 amide bonds. The molecule has 2 fully saturated rings. The van der Waals surface area contributed by atoms with E-state index in [1.54, 1.807) is 0 Å². The van der Waals surface area contributed by atoms with Gasteiger partial charge in [0, 0.05) is 21.6 Å². The van der Waals surface area contributed by atoms with E-state index in [0.29, 0.717) is 11.3 Å². The number of hydrogen-bond acceptors (Lipinski definition) is 5. The van der Waals surface area contributed by atoms with Crippen LogP contribution >= 0.6 is 34.9 Å². The molecule has 0 saturated carbocycles. The third kappa shape index (κ3) is 2.74. The monoisotopic (exact) mass is 300 g/mol. The molecule has 0 aliphatic carbocycles. The summed E-state index contributed by atoms with van der Waals surface area (Å²) in [6.45, 7) is 5.84. The van der Waals surface area contributed by atoms with Gasteiger partial charge in [0.1, 0.15) is 5.01 Å². The maximum absolute atomic E-state index is 4.90. The topological polar surface area (TPSA) is 24.9 Å². The lowest BCUT2D eigenvalue weighted by Crippen LogP contribution is -2.22. The van der Waals surface area contributed by atoms with Crippen molar-refractivity contribution >= 4 is 34.9 Å². The van der Waals surface area contributed by atoms with Gasteiger partial charge in [-0.15, -0.1) is 23.1 Å². The molecule has 2 aliphatic heterocycles. The zero-order chi connectivity index (χ0) is 12.5. The van der Waals surface area contributed by atoms with Crippen LogP contribution in [0.2, 0.25) is 0 Å². The van der Waals surface area contributed by atoms with Crippen LogP contribution in [0.15, 0.2) is 5.38 Å². The van der Waals surface area contributed by atoms with Gasteiger partial charge in [0.05, 0.1) is 17.0 Å². The summed E-state index contributed by atoms with van der Waals surface area (Å²) in [6.07, 6.45) is 2.54.